The lowest BCUT2D eigenvalue weighted by Gasteiger charge is -2.09. The third kappa shape index (κ3) is 3.45. The summed E-state index contributed by atoms with van der Waals surface area (Å²) in [5.74, 6) is -0.101. The van der Waals surface area contributed by atoms with E-state index < -0.39 is 11.7 Å². The van der Waals surface area contributed by atoms with Crippen LogP contribution in [0.4, 0.5) is 18.9 Å². The molecular formula is C22H15F3N6O. The first-order valence-electron chi connectivity index (χ1n) is 9.58. The van der Waals surface area contributed by atoms with Gasteiger partial charge in [0.25, 0.3) is 5.91 Å². The fraction of sp³-hybridized carbons (Fsp3) is 0.0909. The van der Waals surface area contributed by atoms with E-state index in [0.29, 0.717) is 22.6 Å². The molecule has 10 heteroatoms. The number of carbonyl (C=O) groups excluding carboxylic acids is 1. The van der Waals surface area contributed by atoms with E-state index in [-0.39, 0.29) is 17.4 Å². The Morgan fingerprint density at radius 3 is 2.69 bits per heavy atom. The number of anilines is 1. The van der Waals surface area contributed by atoms with Gasteiger partial charge < -0.3 is 5.32 Å². The number of carbonyl (C=O) groups is 1. The number of benzene rings is 1. The van der Waals surface area contributed by atoms with Crippen LogP contribution < -0.4 is 5.32 Å². The summed E-state index contributed by atoms with van der Waals surface area (Å²) in [4.78, 5) is 21.3. The smallest absolute Gasteiger partial charge is 0.320 e. The summed E-state index contributed by atoms with van der Waals surface area (Å²) in [5, 5.41) is 7.13. The predicted octanol–water partition coefficient (Wildman–Crippen LogP) is 4.62. The molecule has 1 amide bonds. The molecule has 0 aliphatic rings. The van der Waals surface area contributed by atoms with Crippen molar-refractivity contribution in [2.45, 2.75) is 13.1 Å². The minimum absolute atomic E-state index is 0.0757. The van der Waals surface area contributed by atoms with E-state index in [1.807, 2.05) is 13.0 Å². The van der Waals surface area contributed by atoms with Gasteiger partial charge >= 0.3 is 6.18 Å². The van der Waals surface area contributed by atoms with Gasteiger partial charge in [-0.15, -0.1) is 5.10 Å². The van der Waals surface area contributed by atoms with Crippen molar-refractivity contribution in [3.8, 4) is 11.4 Å². The molecule has 7 nitrogen and oxygen atoms in total. The first-order chi connectivity index (χ1) is 15.3. The molecule has 0 atom stereocenters. The molecular weight excluding hydrogens is 421 g/mol. The maximum absolute atomic E-state index is 13.0. The molecule has 0 aliphatic carbocycles. The zero-order chi connectivity index (χ0) is 22.5. The fourth-order valence-corrected chi connectivity index (χ4v) is 3.36. The molecule has 0 spiro atoms. The van der Waals surface area contributed by atoms with Crippen LogP contribution in [-0.2, 0) is 6.18 Å². The number of amides is 1. The van der Waals surface area contributed by atoms with E-state index in [4.69, 9.17) is 0 Å². The molecule has 0 fully saturated rings. The third-order valence-corrected chi connectivity index (χ3v) is 5.06. The average molecular weight is 436 g/mol. The molecule has 0 radical (unpaired) electrons. The van der Waals surface area contributed by atoms with Crippen molar-refractivity contribution in [2.75, 3.05) is 5.32 Å². The zero-order valence-electron chi connectivity index (χ0n) is 16.6. The van der Waals surface area contributed by atoms with Crippen LogP contribution in [0.2, 0.25) is 0 Å². The molecule has 0 unspecified atom stereocenters. The average Bonchev–Trinajstić information content (AvgIpc) is 3.38. The molecule has 32 heavy (non-hydrogen) atoms. The molecule has 5 rings (SSSR count). The first-order valence-corrected chi connectivity index (χ1v) is 9.58. The maximum atomic E-state index is 13.0. The van der Waals surface area contributed by atoms with Gasteiger partial charge in [0, 0.05) is 23.6 Å². The largest absolute Gasteiger partial charge is 0.416 e. The Labute approximate surface area is 179 Å². The van der Waals surface area contributed by atoms with Gasteiger partial charge in [-0.2, -0.15) is 13.2 Å². The Kier molecular flexibility index (Phi) is 4.43. The summed E-state index contributed by atoms with van der Waals surface area (Å²) in [6, 6.07) is 12.5. The number of halogens is 3. The molecule has 4 heterocycles. The lowest BCUT2D eigenvalue weighted by Crippen LogP contribution is -2.15. The number of hydrogen-bond acceptors (Lipinski definition) is 4. The Bertz CT molecular complexity index is 1480. The summed E-state index contributed by atoms with van der Waals surface area (Å²) in [7, 11) is 0. The standard InChI is InChI=1S/C22H15F3N6O/c1-13-5-6-14(20-28-19-11-15(22(23,24)25)7-9-31(19)29-20)10-16(13)27-21(32)17-12-26-18-4-2-3-8-30(17)18/h2-12H,1H3,(H,27,32). The number of fused-ring (bicyclic) bond motifs is 2. The van der Waals surface area contributed by atoms with Crippen LogP contribution >= 0.6 is 0 Å². The lowest BCUT2D eigenvalue weighted by molar-refractivity contribution is -0.137. The summed E-state index contributed by atoms with van der Waals surface area (Å²) in [6.45, 7) is 1.83. The van der Waals surface area contributed by atoms with Crippen molar-refractivity contribution >= 4 is 22.9 Å². The van der Waals surface area contributed by atoms with Crippen molar-refractivity contribution in [2.24, 2.45) is 0 Å². The number of aromatic nitrogens is 5. The Balaban J connectivity index is 1.48. The highest BCUT2D eigenvalue weighted by Gasteiger charge is 2.31. The molecule has 0 saturated heterocycles. The molecule has 1 N–H and O–H groups in total. The topological polar surface area (TPSA) is 76.6 Å². The molecule has 0 saturated carbocycles. The Morgan fingerprint density at radius 2 is 1.88 bits per heavy atom. The third-order valence-electron chi connectivity index (χ3n) is 5.06. The van der Waals surface area contributed by atoms with E-state index in [1.54, 1.807) is 40.9 Å². The first kappa shape index (κ1) is 19.7. The molecule has 5 aromatic rings. The summed E-state index contributed by atoms with van der Waals surface area (Å²) >= 11 is 0. The Morgan fingerprint density at radius 1 is 1.03 bits per heavy atom. The quantitative estimate of drug-likeness (QED) is 0.448. The number of nitrogens with one attached hydrogen (secondary N) is 1. The van der Waals surface area contributed by atoms with E-state index >= 15 is 0 Å². The predicted molar refractivity (Wildman–Crippen MR) is 111 cm³/mol. The maximum Gasteiger partial charge on any atom is 0.416 e. The molecule has 0 aliphatic heterocycles. The van der Waals surface area contributed by atoms with Gasteiger partial charge in [0.05, 0.1) is 11.8 Å². The molecule has 0 bridgehead atoms. The van der Waals surface area contributed by atoms with Gasteiger partial charge in [-0.3, -0.25) is 9.20 Å². The monoisotopic (exact) mass is 436 g/mol. The van der Waals surface area contributed by atoms with Crippen molar-refractivity contribution < 1.29 is 18.0 Å². The normalized spacial score (nSPS) is 11.9. The van der Waals surface area contributed by atoms with E-state index in [1.165, 1.54) is 16.9 Å². The number of hydrogen-bond donors (Lipinski definition) is 1. The second-order valence-corrected chi connectivity index (χ2v) is 7.21. The highest BCUT2D eigenvalue weighted by atomic mass is 19.4. The Hall–Kier alpha value is -4.21. The molecule has 1 aromatic carbocycles. The lowest BCUT2D eigenvalue weighted by atomic mass is 10.1. The van der Waals surface area contributed by atoms with E-state index in [0.717, 1.165) is 17.7 Å². The van der Waals surface area contributed by atoms with Gasteiger partial charge in [0.2, 0.25) is 0 Å². The van der Waals surface area contributed by atoms with Crippen LogP contribution in [0.25, 0.3) is 22.7 Å². The second-order valence-electron chi connectivity index (χ2n) is 7.21. The number of rotatable bonds is 3. The van der Waals surface area contributed by atoms with Crippen LogP contribution in [0.1, 0.15) is 21.6 Å². The van der Waals surface area contributed by atoms with Crippen LogP contribution in [0, 0.1) is 6.92 Å². The number of alkyl halides is 3. The summed E-state index contributed by atoms with van der Waals surface area (Å²) in [5.41, 5.74) is 2.19. The number of imidazole rings is 1. The fourth-order valence-electron chi connectivity index (χ4n) is 3.36. The highest BCUT2D eigenvalue weighted by molar-refractivity contribution is 6.04. The van der Waals surface area contributed by atoms with Gasteiger partial charge in [0.15, 0.2) is 11.5 Å². The zero-order valence-corrected chi connectivity index (χ0v) is 16.6. The van der Waals surface area contributed by atoms with Gasteiger partial charge in [-0.25, -0.2) is 14.5 Å². The van der Waals surface area contributed by atoms with Gasteiger partial charge in [0.1, 0.15) is 11.3 Å². The highest BCUT2D eigenvalue weighted by Crippen LogP contribution is 2.30. The molecule has 160 valence electrons. The summed E-state index contributed by atoms with van der Waals surface area (Å²) < 4.78 is 41.9. The SMILES string of the molecule is Cc1ccc(-c2nc3cc(C(F)(F)F)ccn3n2)cc1NC(=O)c1cnc2ccccn12. The van der Waals surface area contributed by atoms with Gasteiger partial charge in [-0.05, 0) is 42.8 Å². The number of nitrogens with zero attached hydrogens (tertiary/aromatic N) is 5. The minimum atomic E-state index is -4.47. The number of aryl methyl sites for hydroxylation is 1. The van der Waals surface area contributed by atoms with Crippen molar-refractivity contribution in [3.05, 3.63) is 83.9 Å². The minimum Gasteiger partial charge on any atom is -0.320 e. The van der Waals surface area contributed by atoms with E-state index in [2.05, 4.69) is 20.4 Å². The van der Waals surface area contributed by atoms with Crippen molar-refractivity contribution in [1.29, 1.82) is 0 Å². The van der Waals surface area contributed by atoms with E-state index in [9.17, 15) is 18.0 Å². The van der Waals surface area contributed by atoms with Gasteiger partial charge in [-0.1, -0.05) is 18.2 Å². The van der Waals surface area contributed by atoms with Crippen LogP contribution in [0.15, 0.2) is 67.1 Å². The van der Waals surface area contributed by atoms with Crippen LogP contribution in [-0.4, -0.2) is 29.9 Å². The van der Waals surface area contributed by atoms with Crippen LogP contribution in [0.5, 0.6) is 0 Å². The van der Waals surface area contributed by atoms with Crippen LogP contribution in [0.3, 0.4) is 0 Å². The van der Waals surface area contributed by atoms with Crippen molar-refractivity contribution in [1.82, 2.24) is 24.0 Å². The number of pyridine rings is 2. The second kappa shape index (κ2) is 7.19. The summed E-state index contributed by atoms with van der Waals surface area (Å²) in [6.07, 6.45) is -0.00858. The van der Waals surface area contributed by atoms with Crippen molar-refractivity contribution in [3.63, 3.8) is 0 Å². The molecule has 4 aromatic heterocycles.